The van der Waals surface area contributed by atoms with Gasteiger partial charge < -0.3 is 19.9 Å². The number of methoxy groups -OCH3 is 1. The number of fused-ring (bicyclic) bond motifs is 1. The summed E-state index contributed by atoms with van der Waals surface area (Å²) in [5, 5.41) is 15.7. The fraction of sp³-hybridized carbons (Fsp3) is 0.360. The molecule has 5 rings (SSSR count). The van der Waals surface area contributed by atoms with Crippen molar-refractivity contribution in [2.45, 2.75) is 25.4 Å². The second-order valence-electron chi connectivity index (χ2n) is 8.69. The van der Waals surface area contributed by atoms with Gasteiger partial charge in [0.25, 0.3) is 0 Å². The minimum Gasteiger partial charge on any atom is -0.497 e. The fourth-order valence-electron chi connectivity index (χ4n) is 4.33. The third kappa shape index (κ3) is 5.14. The Hall–Kier alpha value is -4.02. The van der Waals surface area contributed by atoms with E-state index in [4.69, 9.17) is 9.84 Å². The van der Waals surface area contributed by atoms with E-state index in [1.165, 1.54) is 6.08 Å². The van der Waals surface area contributed by atoms with Crippen LogP contribution in [0.3, 0.4) is 0 Å². The molecule has 1 aliphatic carbocycles. The van der Waals surface area contributed by atoms with Gasteiger partial charge in [0.1, 0.15) is 17.4 Å². The second kappa shape index (κ2) is 10.3. The lowest BCUT2D eigenvalue weighted by Gasteiger charge is -2.36. The van der Waals surface area contributed by atoms with Gasteiger partial charge in [0, 0.05) is 62.9 Å². The van der Waals surface area contributed by atoms with Crippen LogP contribution in [0.4, 0.5) is 20.3 Å². The number of nitrogens with zero attached hydrogens (tertiary/aromatic N) is 6. The number of amides is 1. The molecule has 3 heterocycles. The van der Waals surface area contributed by atoms with Crippen molar-refractivity contribution in [1.82, 2.24) is 25.1 Å². The number of piperazine rings is 1. The van der Waals surface area contributed by atoms with E-state index >= 15 is 0 Å². The first kappa shape index (κ1) is 23.7. The molecule has 1 aliphatic heterocycles. The van der Waals surface area contributed by atoms with Crippen molar-refractivity contribution in [2.75, 3.05) is 43.1 Å². The summed E-state index contributed by atoms with van der Waals surface area (Å²) in [6.45, 7) is 3.29. The number of carbonyl (C=O) groups is 1. The maximum Gasteiger partial charge on any atom is 0.224 e. The molecule has 1 amide bonds. The largest absolute Gasteiger partial charge is 0.497 e. The van der Waals surface area contributed by atoms with Crippen LogP contribution in [0, 0.1) is 0 Å². The van der Waals surface area contributed by atoms with Crippen molar-refractivity contribution in [3.8, 4) is 5.75 Å². The second-order valence-corrected chi connectivity index (χ2v) is 8.69. The Morgan fingerprint density at radius 3 is 2.72 bits per heavy atom. The molecule has 3 aromatic rings. The van der Waals surface area contributed by atoms with E-state index in [1.807, 2.05) is 30.3 Å². The minimum absolute atomic E-state index is 0.0900. The SMILES string of the molecule is COc1cccc(N2CCN(c3ccc4nnc(CCC(=O)NC5=CCC(F)C(F)=C5)n4n3)CC2)c1. The van der Waals surface area contributed by atoms with Crippen molar-refractivity contribution in [2.24, 2.45) is 0 Å². The number of anilines is 2. The molecule has 188 valence electrons. The number of halogens is 2. The molecule has 1 fully saturated rings. The number of nitrogens with one attached hydrogen (secondary N) is 1. The molecule has 1 saturated heterocycles. The van der Waals surface area contributed by atoms with Crippen LogP contribution < -0.4 is 19.9 Å². The van der Waals surface area contributed by atoms with Crippen LogP contribution in [0.1, 0.15) is 18.7 Å². The number of alkyl halides is 1. The minimum atomic E-state index is -1.64. The first-order chi connectivity index (χ1) is 17.5. The Bertz CT molecular complexity index is 1310. The summed E-state index contributed by atoms with van der Waals surface area (Å²) in [5.74, 6) is 1.01. The predicted octanol–water partition coefficient (Wildman–Crippen LogP) is 2.99. The summed E-state index contributed by atoms with van der Waals surface area (Å²) in [4.78, 5) is 16.9. The monoisotopic (exact) mass is 495 g/mol. The summed E-state index contributed by atoms with van der Waals surface area (Å²) in [5.41, 5.74) is 1.99. The van der Waals surface area contributed by atoms with Crippen LogP contribution >= 0.6 is 0 Å². The Labute approximate surface area is 207 Å². The van der Waals surface area contributed by atoms with E-state index < -0.39 is 12.0 Å². The molecule has 11 heteroatoms. The van der Waals surface area contributed by atoms with Gasteiger partial charge in [-0.1, -0.05) is 12.1 Å². The van der Waals surface area contributed by atoms with Crippen molar-refractivity contribution >= 4 is 23.1 Å². The summed E-state index contributed by atoms with van der Waals surface area (Å²) in [7, 11) is 1.67. The standard InChI is InChI=1S/C25H27F2N7O2/c1-36-19-4-2-3-18(16-19)32-11-13-33(14-12-32)24-8-7-22-29-30-23(34(22)31-24)9-10-25(35)28-17-5-6-20(26)21(27)15-17/h2-5,7-8,15-16,20H,6,9-14H2,1H3,(H,28,35). The van der Waals surface area contributed by atoms with E-state index in [2.05, 4.69) is 31.4 Å². The molecular weight excluding hydrogens is 468 g/mol. The van der Waals surface area contributed by atoms with E-state index in [1.54, 1.807) is 11.6 Å². The first-order valence-corrected chi connectivity index (χ1v) is 11.9. The molecule has 1 aromatic carbocycles. The third-order valence-electron chi connectivity index (χ3n) is 6.33. The zero-order chi connectivity index (χ0) is 25.1. The molecule has 0 bridgehead atoms. The normalized spacial score (nSPS) is 18.1. The van der Waals surface area contributed by atoms with E-state index in [9.17, 15) is 13.6 Å². The van der Waals surface area contributed by atoms with Gasteiger partial charge in [-0.15, -0.1) is 15.3 Å². The van der Waals surface area contributed by atoms with Crippen LogP contribution in [0.15, 0.2) is 60.1 Å². The maximum absolute atomic E-state index is 13.4. The smallest absolute Gasteiger partial charge is 0.224 e. The van der Waals surface area contributed by atoms with Crippen molar-refractivity contribution in [3.05, 3.63) is 65.9 Å². The van der Waals surface area contributed by atoms with Gasteiger partial charge in [0.15, 0.2) is 17.6 Å². The number of hydrogen-bond acceptors (Lipinski definition) is 7. The molecule has 0 spiro atoms. The average Bonchev–Trinajstić information content (AvgIpc) is 3.32. The lowest BCUT2D eigenvalue weighted by atomic mass is 10.1. The topological polar surface area (TPSA) is 87.9 Å². The molecule has 0 saturated carbocycles. The molecule has 36 heavy (non-hydrogen) atoms. The lowest BCUT2D eigenvalue weighted by molar-refractivity contribution is -0.120. The highest BCUT2D eigenvalue weighted by atomic mass is 19.2. The Morgan fingerprint density at radius 1 is 1.14 bits per heavy atom. The molecule has 2 aromatic heterocycles. The van der Waals surface area contributed by atoms with E-state index in [-0.39, 0.29) is 24.4 Å². The molecule has 1 N–H and O–H groups in total. The maximum atomic E-state index is 13.4. The van der Waals surface area contributed by atoms with Crippen LogP contribution in [-0.4, -0.2) is 65.2 Å². The number of ether oxygens (including phenoxy) is 1. The highest BCUT2D eigenvalue weighted by Crippen LogP contribution is 2.24. The number of hydrogen-bond donors (Lipinski definition) is 1. The highest BCUT2D eigenvalue weighted by molar-refractivity contribution is 5.78. The van der Waals surface area contributed by atoms with Gasteiger partial charge in [0.05, 0.1) is 7.11 Å². The Morgan fingerprint density at radius 2 is 1.94 bits per heavy atom. The van der Waals surface area contributed by atoms with Crippen LogP contribution in [-0.2, 0) is 11.2 Å². The molecule has 1 atom stereocenters. The number of allylic oxidation sites excluding steroid dienone is 3. The van der Waals surface area contributed by atoms with Crippen molar-refractivity contribution < 1.29 is 18.3 Å². The number of benzene rings is 1. The van der Waals surface area contributed by atoms with Crippen molar-refractivity contribution in [1.29, 1.82) is 0 Å². The van der Waals surface area contributed by atoms with Crippen LogP contribution in [0.2, 0.25) is 0 Å². The summed E-state index contributed by atoms with van der Waals surface area (Å²) < 4.78 is 33.7. The zero-order valence-corrected chi connectivity index (χ0v) is 19.9. The van der Waals surface area contributed by atoms with Gasteiger partial charge in [-0.3, -0.25) is 4.79 Å². The number of rotatable bonds is 7. The van der Waals surface area contributed by atoms with Gasteiger partial charge in [-0.25, -0.2) is 8.78 Å². The van der Waals surface area contributed by atoms with Gasteiger partial charge in [-0.2, -0.15) is 4.52 Å². The molecule has 2 aliphatic rings. The van der Waals surface area contributed by atoms with Gasteiger partial charge in [0.2, 0.25) is 5.91 Å². The predicted molar refractivity (Wildman–Crippen MR) is 131 cm³/mol. The quantitative estimate of drug-likeness (QED) is 0.539. The number of carbonyl (C=O) groups excluding carboxylic acids is 1. The van der Waals surface area contributed by atoms with Crippen LogP contribution in [0.5, 0.6) is 5.75 Å². The summed E-state index contributed by atoms with van der Waals surface area (Å²) in [6, 6.07) is 11.8. The molecule has 1 unspecified atom stereocenters. The zero-order valence-electron chi connectivity index (χ0n) is 19.9. The fourth-order valence-corrected chi connectivity index (χ4v) is 4.33. The average molecular weight is 496 g/mol. The molecular formula is C25H27F2N7O2. The molecule has 0 radical (unpaired) electrons. The molecule has 9 nitrogen and oxygen atoms in total. The van der Waals surface area contributed by atoms with E-state index in [0.717, 1.165) is 49.5 Å². The third-order valence-corrected chi connectivity index (χ3v) is 6.33. The van der Waals surface area contributed by atoms with E-state index in [0.29, 0.717) is 17.9 Å². The lowest BCUT2D eigenvalue weighted by Crippen LogP contribution is -2.47. The van der Waals surface area contributed by atoms with Gasteiger partial charge in [-0.05, 0) is 30.3 Å². The van der Waals surface area contributed by atoms with Crippen molar-refractivity contribution in [3.63, 3.8) is 0 Å². The van der Waals surface area contributed by atoms with Crippen LogP contribution in [0.25, 0.3) is 5.65 Å². The summed E-state index contributed by atoms with van der Waals surface area (Å²) >= 11 is 0. The van der Waals surface area contributed by atoms with Gasteiger partial charge >= 0.3 is 0 Å². The Kier molecular flexibility index (Phi) is 6.79. The Balaban J connectivity index is 1.21. The number of aryl methyl sites for hydroxylation is 1. The first-order valence-electron chi connectivity index (χ1n) is 11.9. The number of aromatic nitrogens is 4. The highest BCUT2D eigenvalue weighted by Gasteiger charge is 2.21. The summed E-state index contributed by atoms with van der Waals surface area (Å²) in [6.07, 6.45) is 1.17.